The number of rotatable bonds is 2. The van der Waals surface area contributed by atoms with Crippen molar-refractivity contribution in [2.45, 2.75) is 18.7 Å². The largest absolute Gasteiger partial charge is 0.495 e. The van der Waals surface area contributed by atoms with Gasteiger partial charge in [0.05, 0.1) is 7.11 Å². The Kier molecular flexibility index (Phi) is 3.28. The van der Waals surface area contributed by atoms with E-state index in [9.17, 15) is 8.42 Å². The maximum absolute atomic E-state index is 11.1. The van der Waals surface area contributed by atoms with Gasteiger partial charge in [0, 0.05) is 5.02 Å². The third-order valence-corrected chi connectivity index (χ3v) is 3.67. The van der Waals surface area contributed by atoms with Gasteiger partial charge in [-0.05, 0) is 31.0 Å². The number of benzene rings is 1. The summed E-state index contributed by atoms with van der Waals surface area (Å²) >= 11 is 5.89. The molecule has 0 aliphatic carbocycles. The van der Waals surface area contributed by atoms with Gasteiger partial charge in [-0.3, -0.25) is 4.55 Å². The lowest BCUT2D eigenvalue weighted by atomic mass is 10.1. The first-order valence-corrected chi connectivity index (χ1v) is 5.92. The molecule has 0 unspecified atom stereocenters. The molecule has 6 heteroatoms. The van der Waals surface area contributed by atoms with Gasteiger partial charge >= 0.3 is 0 Å². The molecule has 1 aromatic carbocycles. The van der Waals surface area contributed by atoms with E-state index in [4.69, 9.17) is 20.9 Å². The Morgan fingerprint density at radius 2 is 1.93 bits per heavy atom. The van der Waals surface area contributed by atoms with Crippen molar-refractivity contribution in [3.63, 3.8) is 0 Å². The summed E-state index contributed by atoms with van der Waals surface area (Å²) in [5.74, 6) is 0.0944. The predicted molar refractivity (Wildman–Crippen MR) is 57.3 cm³/mol. The van der Waals surface area contributed by atoms with E-state index in [1.165, 1.54) is 20.1 Å². The average molecular weight is 251 g/mol. The molecule has 0 saturated carbocycles. The van der Waals surface area contributed by atoms with E-state index in [0.29, 0.717) is 10.6 Å². The SMILES string of the molecule is COc1cc(C)c(Cl)c(C)c1S(=O)(=O)O. The molecule has 0 amide bonds. The van der Waals surface area contributed by atoms with Crippen molar-refractivity contribution in [2.75, 3.05) is 7.11 Å². The Bertz CT molecular complexity index is 493. The van der Waals surface area contributed by atoms with E-state index in [0.717, 1.165) is 0 Å². The van der Waals surface area contributed by atoms with Gasteiger partial charge in [0.15, 0.2) is 0 Å². The second-order valence-corrected chi connectivity index (χ2v) is 4.88. The highest BCUT2D eigenvalue weighted by Crippen LogP contribution is 2.34. The zero-order valence-electron chi connectivity index (χ0n) is 8.54. The number of hydrogen-bond donors (Lipinski definition) is 1. The first-order valence-electron chi connectivity index (χ1n) is 4.10. The number of aryl methyl sites for hydroxylation is 1. The molecule has 0 spiro atoms. The second-order valence-electron chi connectivity index (χ2n) is 3.14. The third kappa shape index (κ3) is 2.25. The Morgan fingerprint density at radius 3 is 2.33 bits per heavy atom. The summed E-state index contributed by atoms with van der Waals surface area (Å²) in [6.07, 6.45) is 0. The molecule has 0 aliphatic heterocycles. The van der Waals surface area contributed by atoms with Crippen molar-refractivity contribution < 1.29 is 17.7 Å². The Balaban J connectivity index is 3.70. The molecule has 0 atom stereocenters. The van der Waals surface area contributed by atoms with Gasteiger partial charge in [-0.15, -0.1) is 0 Å². The second kappa shape index (κ2) is 4.00. The van der Waals surface area contributed by atoms with Crippen LogP contribution in [-0.4, -0.2) is 20.1 Å². The molecule has 0 aliphatic rings. The van der Waals surface area contributed by atoms with Gasteiger partial charge in [0.25, 0.3) is 10.1 Å². The van der Waals surface area contributed by atoms with Gasteiger partial charge in [-0.1, -0.05) is 11.6 Å². The quantitative estimate of drug-likeness (QED) is 0.818. The summed E-state index contributed by atoms with van der Waals surface area (Å²) in [5, 5.41) is 0.309. The molecule has 0 saturated heterocycles. The highest BCUT2D eigenvalue weighted by molar-refractivity contribution is 7.86. The van der Waals surface area contributed by atoms with Gasteiger partial charge < -0.3 is 4.74 Å². The first-order chi connectivity index (χ1) is 6.79. The smallest absolute Gasteiger partial charge is 0.298 e. The van der Waals surface area contributed by atoms with Gasteiger partial charge in [0.2, 0.25) is 0 Å². The van der Waals surface area contributed by atoms with E-state index in [1.54, 1.807) is 6.92 Å². The fraction of sp³-hybridized carbons (Fsp3) is 0.333. The molecule has 0 radical (unpaired) electrons. The van der Waals surface area contributed by atoms with Crippen LogP contribution in [-0.2, 0) is 10.1 Å². The summed E-state index contributed by atoms with van der Waals surface area (Å²) in [5.41, 5.74) is 0.981. The van der Waals surface area contributed by atoms with Crippen molar-refractivity contribution in [3.05, 3.63) is 22.2 Å². The van der Waals surface area contributed by atoms with Crippen LogP contribution >= 0.6 is 11.6 Å². The van der Waals surface area contributed by atoms with E-state index in [-0.39, 0.29) is 16.2 Å². The lowest BCUT2D eigenvalue weighted by Crippen LogP contribution is -2.05. The highest BCUT2D eigenvalue weighted by atomic mass is 35.5. The highest BCUT2D eigenvalue weighted by Gasteiger charge is 2.22. The minimum atomic E-state index is -4.32. The lowest BCUT2D eigenvalue weighted by Gasteiger charge is -2.12. The van der Waals surface area contributed by atoms with Crippen molar-refractivity contribution >= 4 is 21.7 Å². The van der Waals surface area contributed by atoms with Crippen LogP contribution < -0.4 is 4.74 Å². The van der Waals surface area contributed by atoms with Crippen molar-refractivity contribution in [1.29, 1.82) is 0 Å². The normalized spacial score (nSPS) is 11.5. The first kappa shape index (κ1) is 12.3. The Morgan fingerprint density at radius 1 is 1.40 bits per heavy atom. The monoisotopic (exact) mass is 250 g/mol. The molecular formula is C9H11ClO4S. The molecule has 1 N–H and O–H groups in total. The lowest BCUT2D eigenvalue weighted by molar-refractivity contribution is 0.396. The Labute approximate surface area is 93.6 Å². The van der Waals surface area contributed by atoms with E-state index in [1.807, 2.05) is 0 Å². The maximum Gasteiger partial charge on any atom is 0.298 e. The zero-order valence-corrected chi connectivity index (χ0v) is 10.1. The van der Waals surface area contributed by atoms with Gasteiger partial charge in [0.1, 0.15) is 10.6 Å². The fourth-order valence-corrected chi connectivity index (χ4v) is 2.47. The van der Waals surface area contributed by atoms with Crippen LogP contribution in [0.5, 0.6) is 5.75 Å². The summed E-state index contributed by atoms with van der Waals surface area (Å²) < 4.78 is 36.1. The minimum Gasteiger partial charge on any atom is -0.495 e. The number of halogens is 1. The fourth-order valence-electron chi connectivity index (χ4n) is 1.38. The summed E-state index contributed by atoms with van der Waals surface area (Å²) in [4.78, 5) is -0.277. The molecule has 15 heavy (non-hydrogen) atoms. The molecule has 4 nitrogen and oxygen atoms in total. The van der Waals surface area contributed by atoms with E-state index < -0.39 is 10.1 Å². The van der Waals surface area contributed by atoms with Crippen LogP contribution in [0.2, 0.25) is 5.02 Å². The molecule has 84 valence electrons. The number of ether oxygens (including phenoxy) is 1. The van der Waals surface area contributed by atoms with Crippen molar-refractivity contribution in [1.82, 2.24) is 0 Å². The molecule has 0 bridgehead atoms. The molecule has 0 fully saturated rings. The van der Waals surface area contributed by atoms with Crippen molar-refractivity contribution in [2.24, 2.45) is 0 Å². The molecular weight excluding hydrogens is 240 g/mol. The average Bonchev–Trinajstić information content (AvgIpc) is 2.11. The minimum absolute atomic E-state index is 0.0944. The summed E-state index contributed by atoms with van der Waals surface area (Å²) in [7, 11) is -2.99. The van der Waals surface area contributed by atoms with E-state index >= 15 is 0 Å². The van der Waals surface area contributed by atoms with E-state index in [2.05, 4.69) is 0 Å². The van der Waals surface area contributed by atoms with Crippen LogP contribution in [0.25, 0.3) is 0 Å². The maximum atomic E-state index is 11.1. The summed E-state index contributed by atoms with van der Waals surface area (Å²) in [6, 6.07) is 1.47. The van der Waals surface area contributed by atoms with Gasteiger partial charge in [-0.2, -0.15) is 8.42 Å². The zero-order chi connectivity index (χ0) is 11.8. The predicted octanol–water partition coefficient (Wildman–Crippen LogP) is 2.21. The molecule has 0 heterocycles. The molecule has 1 rings (SSSR count). The van der Waals surface area contributed by atoms with Crippen LogP contribution in [0.1, 0.15) is 11.1 Å². The topological polar surface area (TPSA) is 63.6 Å². The Hall–Kier alpha value is -0.780. The third-order valence-electron chi connectivity index (χ3n) is 2.07. The molecule has 0 aromatic heterocycles. The molecule has 1 aromatic rings. The summed E-state index contributed by atoms with van der Waals surface area (Å²) in [6.45, 7) is 3.24. The number of methoxy groups -OCH3 is 1. The van der Waals surface area contributed by atoms with Crippen LogP contribution in [0.3, 0.4) is 0 Å². The van der Waals surface area contributed by atoms with Crippen molar-refractivity contribution in [3.8, 4) is 5.75 Å². The standard InChI is InChI=1S/C9H11ClO4S/c1-5-4-7(14-3)9(15(11,12)13)6(2)8(5)10/h4H,1-3H3,(H,11,12,13). The van der Waals surface area contributed by atoms with Crippen LogP contribution in [0.15, 0.2) is 11.0 Å². The van der Waals surface area contributed by atoms with Crippen LogP contribution in [0.4, 0.5) is 0 Å². The van der Waals surface area contributed by atoms with Crippen LogP contribution in [0, 0.1) is 13.8 Å². The number of hydrogen-bond acceptors (Lipinski definition) is 3. The van der Waals surface area contributed by atoms with Gasteiger partial charge in [-0.25, -0.2) is 0 Å².